The molecule has 0 saturated heterocycles. The molecule has 2 unspecified atom stereocenters. The van der Waals surface area contributed by atoms with Gasteiger partial charge in [-0.3, -0.25) is 4.90 Å². The summed E-state index contributed by atoms with van der Waals surface area (Å²) in [5.41, 5.74) is 7.60. The Kier molecular flexibility index (Phi) is 5.82. The van der Waals surface area contributed by atoms with Gasteiger partial charge in [0.2, 0.25) is 0 Å². The first-order chi connectivity index (χ1) is 10.0. The van der Waals surface area contributed by atoms with Gasteiger partial charge in [-0.1, -0.05) is 30.7 Å². The normalized spacial score (nSPS) is 14.4. The number of hydrogen-bond donors (Lipinski definition) is 1. The Hall–Kier alpha value is -0.870. The summed E-state index contributed by atoms with van der Waals surface area (Å²) in [4.78, 5) is 4.99. The summed E-state index contributed by atoms with van der Waals surface area (Å²) in [5.74, 6) is 0. The van der Waals surface area contributed by atoms with Crippen LogP contribution in [0.5, 0.6) is 0 Å². The van der Waals surface area contributed by atoms with Crippen molar-refractivity contribution in [2.45, 2.75) is 38.9 Å². The number of aryl methyl sites for hydroxylation is 1. The Morgan fingerprint density at radius 3 is 2.62 bits per heavy atom. The van der Waals surface area contributed by atoms with Gasteiger partial charge in [-0.15, -0.1) is 11.3 Å². The van der Waals surface area contributed by atoms with E-state index in [0.717, 1.165) is 18.0 Å². The van der Waals surface area contributed by atoms with Crippen LogP contribution in [0.4, 0.5) is 0 Å². The van der Waals surface area contributed by atoms with Crippen molar-refractivity contribution < 1.29 is 0 Å². The average Bonchev–Trinajstić information content (AvgIpc) is 2.85. The Morgan fingerprint density at radius 1 is 1.29 bits per heavy atom. The molecule has 1 aromatic carbocycles. The van der Waals surface area contributed by atoms with Crippen molar-refractivity contribution in [3.63, 3.8) is 0 Å². The zero-order chi connectivity index (χ0) is 15.4. The van der Waals surface area contributed by atoms with Gasteiger partial charge in [0.05, 0.1) is 6.04 Å². The summed E-state index contributed by atoms with van der Waals surface area (Å²) >= 11 is 7.91. The predicted molar refractivity (Wildman–Crippen MR) is 93.0 cm³/mol. The number of nitrogens with zero attached hydrogens (tertiary/aromatic N) is 1. The zero-order valence-corrected chi connectivity index (χ0v) is 14.4. The molecule has 1 aromatic heterocycles. The van der Waals surface area contributed by atoms with Gasteiger partial charge < -0.3 is 5.73 Å². The van der Waals surface area contributed by atoms with E-state index in [2.05, 4.69) is 44.0 Å². The van der Waals surface area contributed by atoms with Crippen molar-refractivity contribution in [2.24, 2.45) is 5.73 Å². The molecular weight excluding hydrogens is 300 g/mol. The number of benzene rings is 1. The van der Waals surface area contributed by atoms with Gasteiger partial charge in [-0.05, 0) is 50.2 Å². The second-order valence-corrected chi connectivity index (χ2v) is 7.27. The van der Waals surface area contributed by atoms with Crippen LogP contribution in [-0.2, 0) is 6.54 Å². The first kappa shape index (κ1) is 16.5. The fourth-order valence-corrected chi connectivity index (χ4v) is 3.94. The molecule has 4 heteroatoms. The lowest BCUT2D eigenvalue weighted by Crippen LogP contribution is -2.38. The molecule has 0 saturated carbocycles. The molecule has 1 heterocycles. The average molecular weight is 323 g/mol. The summed E-state index contributed by atoms with van der Waals surface area (Å²) in [6.45, 7) is 5.13. The zero-order valence-electron chi connectivity index (χ0n) is 12.8. The van der Waals surface area contributed by atoms with E-state index in [0.29, 0.717) is 0 Å². The Morgan fingerprint density at radius 2 is 2.05 bits per heavy atom. The third-order valence-electron chi connectivity index (χ3n) is 3.73. The first-order valence-electron chi connectivity index (χ1n) is 7.28. The second kappa shape index (κ2) is 7.41. The molecule has 2 atom stereocenters. The Balaban J connectivity index is 2.20. The van der Waals surface area contributed by atoms with Crippen LogP contribution in [0.15, 0.2) is 36.4 Å². The smallest absolute Gasteiger partial charge is 0.0593 e. The quantitative estimate of drug-likeness (QED) is 0.840. The second-order valence-electron chi connectivity index (χ2n) is 5.51. The maximum atomic E-state index is 6.38. The lowest BCUT2D eigenvalue weighted by atomic mass is 10.0. The summed E-state index contributed by atoms with van der Waals surface area (Å²) < 4.78 is 0. The van der Waals surface area contributed by atoms with Gasteiger partial charge in [0.15, 0.2) is 0 Å². The van der Waals surface area contributed by atoms with Gasteiger partial charge in [0, 0.05) is 27.4 Å². The van der Waals surface area contributed by atoms with Crippen molar-refractivity contribution in [1.82, 2.24) is 4.90 Å². The third-order valence-corrected chi connectivity index (χ3v) is 5.03. The monoisotopic (exact) mass is 322 g/mol. The molecular formula is C17H23ClN2S. The van der Waals surface area contributed by atoms with Crippen molar-refractivity contribution in [1.29, 1.82) is 0 Å². The van der Waals surface area contributed by atoms with E-state index in [1.165, 1.54) is 15.3 Å². The van der Waals surface area contributed by atoms with E-state index in [9.17, 15) is 0 Å². The highest BCUT2D eigenvalue weighted by Crippen LogP contribution is 2.31. The molecule has 2 N–H and O–H groups in total. The van der Waals surface area contributed by atoms with Gasteiger partial charge in [0.25, 0.3) is 0 Å². The summed E-state index contributed by atoms with van der Waals surface area (Å²) in [7, 11) is 2.14. The Bertz CT molecular complexity index is 582. The molecule has 21 heavy (non-hydrogen) atoms. The van der Waals surface area contributed by atoms with E-state index < -0.39 is 0 Å². The minimum atomic E-state index is 0.132. The largest absolute Gasteiger partial charge is 0.326 e. The van der Waals surface area contributed by atoms with E-state index in [4.69, 9.17) is 17.3 Å². The van der Waals surface area contributed by atoms with E-state index in [1.807, 2.05) is 29.5 Å². The van der Waals surface area contributed by atoms with Gasteiger partial charge >= 0.3 is 0 Å². The minimum Gasteiger partial charge on any atom is -0.326 e. The van der Waals surface area contributed by atoms with Gasteiger partial charge in [0.1, 0.15) is 0 Å². The number of likely N-dealkylation sites (N-methyl/N-ethyl adjacent to an activating group) is 1. The van der Waals surface area contributed by atoms with Crippen molar-refractivity contribution in [2.75, 3.05) is 7.05 Å². The maximum absolute atomic E-state index is 6.38. The number of halogens is 1. The molecule has 0 spiro atoms. The fourth-order valence-electron chi connectivity index (χ4n) is 2.61. The fraction of sp³-hybridized carbons (Fsp3) is 0.412. The molecule has 0 amide bonds. The van der Waals surface area contributed by atoms with E-state index in [1.54, 1.807) is 0 Å². The van der Waals surface area contributed by atoms with E-state index >= 15 is 0 Å². The van der Waals surface area contributed by atoms with Crippen LogP contribution < -0.4 is 5.73 Å². The summed E-state index contributed by atoms with van der Waals surface area (Å²) in [6.07, 6.45) is 0.960. The summed E-state index contributed by atoms with van der Waals surface area (Å²) in [6, 6.07) is 12.8. The molecule has 2 nitrogen and oxygen atoms in total. The van der Waals surface area contributed by atoms with Crippen molar-refractivity contribution in [3.8, 4) is 0 Å². The Labute approximate surface area is 136 Å². The number of rotatable bonds is 6. The number of thiophene rings is 1. The highest BCUT2D eigenvalue weighted by molar-refractivity contribution is 7.12. The van der Waals surface area contributed by atoms with Crippen LogP contribution in [0.3, 0.4) is 0 Å². The molecule has 2 rings (SSSR count). The number of hydrogen-bond acceptors (Lipinski definition) is 3. The van der Waals surface area contributed by atoms with Crippen molar-refractivity contribution in [3.05, 3.63) is 56.7 Å². The topological polar surface area (TPSA) is 29.3 Å². The molecule has 2 aromatic rings. The minimum absolute atomic E-state index is 0.132. The maximum Gasteiger partial charge on any atom is 0.0593 e. The van der Waals surface area contributed by atoms with E-state index in [-0.39, 0.29) is 12.1 Å². The van der Waals surface area contributed by atoms with Crippen LogP contribution >= 0.6 is 22.9 Å². The third kappa shape index (κ3) is 4.30. The van der Waals surface area contributed by atoms with Crippen LogP contribution in [0, 0.1) is 6.92 Å². The molecule has 0 radical (unpaired) electrons. The molecule has 114 valence electrons. The molecule has 0 bridgehead atoms. The van der Waals surface area contributed by atoms with Crippen molar-refractivity contribution >= 4 is 22.9 Å². The molecule has 0 fully saturated rings. The van der Waals surface area contributed by atoms with Crippen LogP contribution in [0.25, 0.3) is 0 Å². The van der Waals surface area contributed by atoms with Gasteiger partial charge in [-0.2, -0.15) is 0 Å². The van der Waals surface area contributed by atoms with Crippen LogP contribution in [0.1, 0.15) is 34.7 Å². The lowest BCUT2D eigenvalue weighted by Gasteiger charge is -2.31. The molecule has 0 aliphatic heterocycles. The highest BCUT2D eigenvalue weighted by atomic mass is 35.5. The standard InChI is InChI=1S/C17H23ClN2S/c1-4-15(19)17(16-9-8-12(2)21-16)20(3)11-13-6-5-7-14(18)10-13/h5-10,15,17H,4,11,19H2,1-3H3. The summed E-state index contributed by atoms with van der Waals surface area (Å²) in [5, 5.41) is 0.782. The van der Waals surface area contributed by atoms with Crippen LogP contribution in [0.2, 0.25) is 5.02 Å². The first-order valence-corrected chi connectivity index (χ1v) is 8.47. The van der Waals surface area contributed by atoms with Gasteiger partial charge in [-0.25, -0.2) is 0 Å². The van der Waals surface area contributed by atoms with Crippen LogP contribution in [-0.4, -0.2) is 18.0 Å². The SMILES string of the molecule is CCC(N)C(c1ccc(C)s1)N(C)Cc1cccc(Cl)c1. The number of nitrogens with two attached hydrogens (primary N) is 1. The molecule has 0 aliphatic rings. The predicted octanol–water partition coefficient (Wildman–Crippen LogP) is 4.62. The highest BCUT2D eigenvalue weighted by Gasteiger charge is 2.24. The molecule has 0 aliphatic carbocycles. The lowest BCUT2D eigenvalue weighted by molar-refractivity contribution is 0.205.